The summed E-state index contributed by atoms with van der Waals surface area (Å²) < 4.78 is 11.3. The molecule has 0 aliphatic rings. The Morgan fingerprint density at radius 1 is 1.33 bits per heavy atom. The molecule has 0 aliphatic carbocycles. The number of fused-ring (bicyclic) bond motifs is 1. The molecule has 0 aromatic carbocycles. The molecule has 1 N–H and O–H groups in total. The van der Waals surface area contributed by atoms with Gasteiger partial charge in [0.1, 0.15) is 12.2 Å². The Bertz CT molecular complexity index is 821. The summed E-state index contributed by atoms with van der Waals surface area (Å²) in [7, 11) is 0. The van der Waals surface area contributed by atoms with Crippen LogP contribution in [0.5, 0.6) is 0 Å². The second-order valence-electron chi connectivity index (χ2n) is 5.49. The summed E-state index contributed by atoms with van der Waals surface area (Å²) in [4.78, 5) is 40.3. The number of hydrogen-bond donors (Lipinski definition) is 1. The van der Waals surface area contributed by atoms with Crippen molar-refractivity contribution in [1.82, 2.24) is 14.6 Å². The Kier molecular flexibility index (Phi) is 5.38. The highest BCUT2D eigenvalue weighted by Gasteiger charge is 2.21. The maximum Gasteiger partial charge on any atom is 0.343 e. The fraction of sp³-hybridized carbons (Fsp3) is 0.500. The fourth-order valence-corrected chi connectivity index (χ4v) is 2.17. The summed E-state index contributed by atoms with van der Waals surface area (Å²) in [5, 5.41) is 2.79. The van der Waals surface area contributed by atoms with Crippen LogP contribution in [0.25, 0.3) is 5.65 Å². The lowest BCUT2D eigenvalue weighted by atomic mass is 10.1. The summed E-state index contributed by atoms with van der Waals surface area (Å²) in [5.74, 6) is -1.14. The maximum atomic E-state index is 12.2. The van der Waals surface area contributed by atoms with Crippen molar-refractivity contribution in [2.24, 2.45) is 5.92 Å². The predicted octanol–water partition coefficient (Wildman–Crippen LogP) is 1.60. The average molecular weight is 335 g/mol. The molecule has 2 aromatic rings. The summed E-state index contributed by atoms with van der Waals surface area (Å²) in [6.45, 7) is 7.09. The van der Waals surface area contributed by atoms with Gasteiger partial charge < -0.3 is 9.47 Å². The van der Waals surface area contributed by atoms with Crippen molar-refractivity contribution in [2.45, 2.75) is 40.7 Å². The molecule has 2 rings (SSSR count). The first-order valence-electron chi connectivity index (χ1n) is 7.84. The predicted molar refractivity (Wildman–Crippen MR) is 85.8 cm³/mol. The van der Waals surface area contributed by atoms with E-state index >= 15 is 0 Å². The molecule has 0 spiro atoms. The van der Waals surface area contributed by atoms with Crippen molar-refractivity contribution in [2.75, 3.05) is 6.61 Å². The number of aromatic nitrogens is 3. The fourth-order valence-electron chi connectivity index (χ4n) is 2.17. The molecular weight excluding hydrogens is 314 g/mol. The standard InChI is InChI=1S/C16H21N3O5/c1-5-9(3)15(21)24-8-11-7-12(20)19-14(17-11)13(10(4)18-19)16(22)23-6-2/h7,9,18H,5-6,8H2,1-4H3/t9-/m1/s1. The van der Waals surface area contributed by atoms with Crippen molar-refractivity contribution in [3.63, 3.8) is 0 Å². The number of ether oxygens (including phenoxy) is 2. The molecule has 8 nitrogen and oxygen atoms in total. The number of carbonyl (C=O) groups excluding carboxylic acids is 2. The van der Waals surface area contributed by atoms with Crippen molar-refractivity contribution in [3.8, 4) is 0 Å². The van der Waals surface area contributed by atoms with Gasteiger partial charge >= 0.3 is 11.9 Å². The Morgan fingerprint density at radius 3 is 2.67 bits per heavy atom. The second-order valence-corrected chi connectivity index (χ2v) is 5.49. The number of carbonyl (C=O) groups is 2. The van der Waals surface area contributed by atoms with E-state index in [1.54, 1.807) is 20.8 Å². The van der Waals surface area contributed by atoms with E-state index in [4.69, 9.17) is 9.47 Å². The van der Waals surface area contributed by atoms with Crippen molar-refractivity contribution in [3.05, 3.63) is 33.4 Å². The van der Waals surface area contributed by atoms with Gasteiger partial charge in [-0.2, -0.15) is 0 Å². The van der Waals surface area contributed by atoms with Gasteiger partial charge in [-0.3, -0.25) is 14.7 Å². The van der Waals surface area contributed by atoms with Crippen LogP contribution in [-0.4, -0.2) is 33.1 Å². The third-order valence-corrected chi connectivity index (χ3v) is 3.71. The van der Waals surface area contributed by atoms with Gasteiger partial charge in [0.15, 0.2) is 5.65 Å². The lowest BCUT2D eigenvalue weighted by Gasteiger charge is -2.09. The molecule has 2 heterocycles. The van der Waals surface area contributed by atoms with Crippen LogP contribution in [0.15, 0.2) is 10.9 Å². The van der Waals surface area contributed by atoms with E-state index in [1.165, 1.54) is 10.6 Å². The van der Waals surface area contributed by atoms with Crippen LogP contribution in [0.2, 0.25) is 0 Å². The summed E-state index contributed by atoms with van der Waals surface area (Å²) >= 11 is 0. The topological polar surface area (TPSA) is 103 Å². The largest absolute Gasteiger partial charge is 0.462 e. The first kappa shape index (κ1) is 17.7. The Hall–Kier alpha value is -2.64. The number of aryl methyl sites for hydroxylation is 1. The molecule has 130 valence electrons. The van der Waals surface area contributed by atoms with Crippen LogP contribution in [-0.2, 0) is 20.9 Å². The van der Waals surface area contributed by atoms with Crippen LogP contribution in [0.1, 0.15) is 48.9 Å². The minimum absolute atomic E-state index is 0.124. The number of aromatic amines is 1. The molecule has 2 aromatic heterocycles. The number of nitrogens with one attached hydrogen (secondary N) is 1. The lowest BCUT2D eigenvalue weighted by molar-refractivity contribution is -0.149. The van der Waals surface area contributed by atoms with E-state index in [2.05, 4.69) is 10.1 Å². The van der Waals surface area contributed by atoms with Gasteiger partial charge in [-0.25, -0.2) is 14.3 Å². The van der Waals surface area contributed by atoms with Crippen molar-refractivity contribution >= 4 is 17.6 Å². The molecular formula is C16H21N3O5. The molecule has 8 heteroatoms. The van der Waals surface area contributed by atoms with E-state index in [0.717, 1.165) is 0 Å². The van der Waals surface area contributed by atoms with Gasteiger partial charge in [0.05, 0.1) is 18.2 Å². The Morgan fingerprint density at radius 2 is 2.04 bits per heavy atom. The molecule has 24 heavy (non-hydrogen) atoms. The second kappa shape index (κ2) is 7.29. The van der Waals surface area contributed by atoms with Crippen LogP contribution >= 0.6 is 0 Å². The highest BCUT2D eigenvalue weighted by atomic mass is 16.5. The molecule has 0 fully saturated rings. The van der Waals surface area contributed by atoms with Gasteiger partial charge in [0, 0.05) is 11.8 Å². The number of nitrogens with zero attached hydrogens (tertiary/aromatic N) is 2. The number of hydrogen-bond acceptors (Lipinski definition) is 6. The summed E-state index contributed by atoms with van der Waals surface area (Å²) in [6, 6.07) is 1.27. The van der Waals surface area contributed by atoms with Crippen LogP contribution < -0.4 is 5.56 Å². The lowest BCUT2D eigenvalue weighted by Crippen LogP contribution is -2.19. The normalized spacial score (nSPS) is 12.2. The Balaban J connectivity index is 2.37. The SMILES string of the molecule is CCOC(=O)c1c(C)[nH]n2c(=O)cc(COC(=O)[C@H](C)CC)nc12. The van der Waals surface area contributed by atoms with Gasteiger partial charge in [0.2, 0.25) is 0 Å². The van der Waals surface area contributed by atoms with Crippen molar-refractivity contribution in [1.29, 1.82) is 0 Å². The average Bonchev–Trinajstić information content (AvgIpc) is 2.88. The first-order valence-corrected chi connectivity index (χ1v) is 7.84. The van der Waals surface area contributed by atoms with E-state index in [0.29, 0.717) is 12.1 Å². The maximum absolute atomic E-state index is 12.2. The third-order valence-electron chi connectivity index (χ3n) is 3.71. The van der Waals surface area contributed by atoms with E-state index in [1.807, 2.05) is 6.92 Å². The minimum Gasteiger partial charge on any atom is -0.462 e. The molecule has 0 aliphatic heterocycles. The zero-order chi connectivity index (χ0) is 17.9. The van der Waals surface area contributed by atoms with Crippen molar-refractivity contribution < 1.29 is 19.1 Å². The van der Waals surface area contributed by atoms with Gasteiger partial charge in [-0.1, -0.05) is 13.8 Å². The monoisotopic (exact) mass is 335 g/mol. The highest BCUT2D eigenvalue weighted by molar-refractivity contribution is 5.97. The zero-order valence-electron chi connectivity index (χ0n) is 14.2. The minimum atomic E-state index is -0.561. The van der Waals surface area contributed by atoms with E-state index in [9.17, 15) is 14.4 Å². The van der Waals surface area contributed by atoms with Crippen LogP contribution in [0.4, 0.5) is 0 Å². The highest BCUT2D eigenvalue weighted by Crippen LogP contribution is 2.14. The number of H-pyrrole nitrogens is 1. The van der Waals surface area contributed by atoms with E-state index < -0.39 is 11.5 Å². The summed E-state index contributed by atoms with van der Waals surface area (Å²) in [5.41, 5.74) is 0.721. The number of rotatable bonds is 6. The van der Waals surface area contributed by atoms with Gasteiger partial charge in [-0.15, -0.1) is 0 Å². The van der Waals surface area contributed by atoms with Gasteiger partial charge in [0.25, 0.3) is 5.56 Å². The molecule has 0 unspecified atom stereocenters. The third kappa shape index (κ3) is 3.47. The van der Waals surface area contributed by atoms with Crippen LogP contribution in [0, 0.1) is 12.8 Å². The molecule has 0 amide bonds. The molecule has 0 saturated carbocycles. The quantitative estimate of drug-likeness (QED) is 0.804. The molecule has 1 atom stereocenters. The zero-order valence-corrected chi connectivity index (χ0v) is 14.2. The Labute approximate surface area is 138 Å². The molecule has 0 radical (unpaired) electrons. The summed E-state index contributed by atoms with van der Waals surface area (Å²) in [6.07, 6.45) is 0.665. The smallest absolute Gasteiger partial charge is 0.343 e. The molecule has 0 bridgehead atoms. The van der Waals surface area contributed by atoms with Gasteiger partial charge in [-0.05, 0) is 20.3 Å². The number of esters is 2. The first-order chi connectivity index (χ1) is 11.4. The van der Waals surface area contributed by atoms with Crippen LogP contribution in [0.3, 0.4) is 0 Å². The molecule has 0 saturated heterocycles. The van der Waals surface area contributed by atoms with E-state index in [-0.39, 0.29) is 42.0 Å².